The topological polar surface area (TPSA) is 60.0 Å². The molecule has 0 unspecified atom stereocenters. The normalized spacial score (nSPS) is 13.1. The van der Waals surface area contributed by atoms with Crippen molar-refractivity contribution in [1.29, 1.82) is 0 Å². The van der Waals surface area contributed by atoms with E-state index < -0.39 is 0 Å². The van der Waals surface area contributed by atoms with Crippen LogP contribution in [0.25, 0.3) is 0 Å². The second kappa shape index (κ2) is 9.53. The Morgan fingerprint density at radius 1 is 1.00 bits per heavy atom. The van der Waals surface area contributed by atoms with Crippen LogP contribution in [0.3, 0.4) is 0 Å². The molecule has 0 spiro atoms. The monoisotopic (exact) mass is 418 g/mol. The molecule has 1 heterocycles. The van der Waals surface area contributed by atoms with E-state index in [0.29, 0.717) is 13.2 Å². The van der Waals surface area contributed by atoms with Gasteiger partial charge in [-0.15, -0.1) is 0 Å². The maximum absolute atomic E-state index is 12.7. The van der Waals surface area contributed by atoms with Crippen molar-refractivity contribution in [2.24, 2.45) is 0 Å². The van der Waals surface area contributed by atoms with Crippen LogP contribution in [0, 0.1) is 0 Å². The number of rotatable bonds is 8. The quantitative estimate of drug-likeness (QED) is 0.586. The number of anilines is 1. The number of carbonyl (C=O) groups is 1. The van der Waals surface area contributed by atoms with Crippen molar-refractivity contribution in [1.82, 2.24) is 4.90 Å². The van der Waals surface area contributed by atoms with Gasteiger partial charge in [-0.2, -0.15) is 0 Å². The molecule has 6 nitrogen and oxygen atoms in total. The van der Waals surface area contributed by atoms with Crippen molar-refractivity contribution in [3.8, 4) is 17.2 Å². The van der Waals surface area contributed by atoms with E-state index in [1.54, 1.807) is 0 Å². The number of benzene rings is 3. The highest BCUT2D eigenvalue weighted by Gasteiger charge is 2.20. The van der Waals surface area contributed by atoms with Crippen molar-refractivity contribution < 1.29 is 19.0 Å². The molecule has 1 aliphatic heterocycles. The Kier molecular flexibility index (Phi) is 6.38. The molecule has 0 saturated carbocycles. The lowest BCUT2D eigenvalue weighted by Gasteiger charge is -2.24. The standard InChI is InChI=1S/C25H26N2O4/c1-18(27(2)15-20-8-13-23-24(14-20)31-17-30-23)25(28)26-21-9-11-22(12-10-21)29-16-19-6-4-3-5-7-19/h3-14,18H,15-17H2,1-2H3,(H,26,28)/t18-/m1/s1. The predicted octanol–water partition coefficient (Wildman–Crippen LogP) is 4.45. The van der Waals surface area contributed by atoms with Crippen LogP contribution in [0.5, 0.6) is 17.2 Å². The highest BCUT2D eigenvalue weighted by atomic mass is 16.7. The average Bonchev–Trinajstić information content (AvgIpc) is 3.26. The molecular formula is C25H26N2O4. The Bertz CT molecular complexity index is 1020. The third-order valence-electron chi connectivity index (χ3n) is 5.28. The van der Waals surface area contributed by atoms with Crippen molar-refractivity contribution in [3.05, 3.63) is 83.9 Å². The first kappa shape index (κ1) is 20.8. The van der Waals surface area contributed by atoms with Gasteiger partial charge in [-0.3, -0.25) is 9.69 Å². The maximum atomic E-state index is 12.7. The van der Waals surface area contributed by atoms with E-state index in [2.05, 4.69) is 5.32 Å². The highest BCUT2D eigenvalue weighted by molar-refractivity contribution is 5.94. The third kappa shape index (κ3) is 5.35. The fourth-order valence-corrected chi connectivity index (χ4v) is 3.29. The van der Waals surface area contributed by atoms with Gasteiger partial charge in [0, 0.05) is 12.2 Å². The van der Waals surface area contributed by atoms with E-state index in [9.17, 15) is 4.79 Å². The second-order valence-electron chi connectivity index (χ2n) is 7.57. The summed E-state index contributed by atoms with van der Waals surface area (Å²) in [6.07, 6.45) is 0. The lowest BCUT2D eigenvalue weighted by Crippen LogP contribution is -2.39. The molecule has 0 radical (unpaired) electrons. The Morgan fingerprint density at radius 2 is 1.74 bits per heavy atom. The van der Waals surface area contributed by atoms with Gasteiger partial charge in [0.05, 0.1) is 6.04 Å². The van der Waals surface area contributed by atoms with Gasteiger partial charge in [0.15, 0.2) is 11.5 Å². The molecule has 0 bridgehead atoms. The molecule has 0 fully saturated rings. The minimum absolute atomic E-state index is 0.0683. The lowest BCUT2D eigenvalue weighted by atomic mass is 10.1. The number of fused-ring (bicyclic) bond motifs is 1. The zero-order valence-corrected chi connectivity index (χ0v) is 17.7. The van der Waals surface area contributed by atoms with Crippen LogP contribution in [-0.2, 0) is 17.9 Å². The number of amides is 1. The molecule has 6 heteroatoms. The van der Waals surface area contributed by atoms with Crippen LogP contribution < -0.4 is 19.5 Å². The van der Waals surface area contributed by atoms with Gasteiger partial charge in [-0.1, -0.05) is 36.4 Å². The Hall–Kier alpha value is -3.51. The summed E-state index contributed by atoms with van der Waals surface area (Å²) in [5.74, 6) is 2.20. The number of hydrogen-bond donors (Lipinski definition) is 1. The number of likely N-dealkylation sites (N-methyl/N-ethyl adjacent to an activating group) is 1. The number of nitrogens with one attached hydrogen (secondary N) is 1. The molecule has 1 aliphatic rings. The first-order chi connectivity index (χ1) is 15.1. The molecule has 1 atom stereocenters. The zero-order chi connectivity index (χ0) is 21.6. The third-order valence-corrected chi connectivity index (χ3v) is 5.28. The number of hydrogen-bond acceptors (Lipinski definition) is 5. The van der Waals surface area contributed by atoms with Crippen molar-refractivity contribution in [3.63, 3.8) is 0 Å². The van der Waals surface area contributed by atoms with Crippen LogP contribution in [0.15, 0.2) is 72.8 Å². The Labute approximate surface area is 182 Å². The van der Waals surface area contributed by atoms with Crippen LogP contribution in [0.2, 0.25) is 0 Å². The first-order valence-corrected chi connectivity index (χ1v) is 10.2. The second-order valence-corrected chi connectivity index (χ2v) is 7.57. The molecule has 1 N–H and O–H groups in total. The van der Waals surface area contributed by atoms with Crippen LogP contribution in [0.1, 0.15) is 18.1 Å². The van der Waals surface area contributed by atoms with Crippen molar-refractivity contribution in [2.75, 3.05) is 19.2 Å². The van der Waals surface area contributed by atoms with Gasteiger partial charge in [-0.25, -0.2) is 0 Å². The largest absolute Gasteiger partial charge is 0.489 e. The SMILES string of the molecule is C[C@H](C(=O)Nc1ccc(OCc2ccccc2)cc1)N(C)Cc1ccc2c(c1)OCO2. The summed E-state index contributed by atoms with van der Waals surface area (Å²) in [5.41, 5.74) is 2.91. The van der Waals surface area contributed by atoms with E-state index in [0.717, 1.165) is 34.1 Å². The van der Waals surface area contributed by atoms with Gasteiger partial charge in [0.2, 0.25) is 12.7 Å². The highest BCUT2D eigenvalue weighted by Crippen LogP contribution is 2.32. The molecule has 0 aromatic heterocycles. The fraction of sp³-hybridized carbons (Fsp3) is 0.240. The summed E-state index contributed by atoms with van der Waals surface area (Å²) in [7, 11) is 1.93. The molecule has 0 aliphatic carbocycles. The Morgan fingerprint density at radius 3 is 2.52 bits per heavy atom. The molecule has 0 saturated heterocycles. The number of ether oxygens (including phenoxy) is 3. The van der Waals surface area contributed by atoms with Crippen LogP contribution >= 0.6 is 0 Å². The minimum atomic E-state index is -0.306. The fourth-order valence-electron chi connectivity index (χ4n) is 3.29. The van der Waals surface area contributed by atoms with E-state index in [1.807, 2.05) is 91.7 Å². The Balaban J connectivity index is 1.28. The molecule has 31 heavy (non-hydrogen) atoms. The van der Waals surface area contributed by atoms with Crippen molar-refractivity contribution in [2.45, 2.75) is 26.1 Å². The van der Waals surface area contributed by atoms with E-state index in [-0.39, 0.29) is 18.7 Å². The summed E-state index contributed by atoms with van der Waals surface area (Å²) in [5, 5.41) is 2.97. The number of nitrogens with zero attached hydrogens (tertiary/aromatic N) is 1. The summed E-state index contributed by atoms with van der Waals surface area (Å²) in [6.45, 7) is 3.27. The lowest BCUT2D eigenvalue weighted by molar-refractivity contribution is -0.120. The molecule has 4 rings (SSSR count). The predicted molar refractivity (Wildman–Crippen MR) is 119 cm³/mol. The van der Waals surface area contributed by atoms with Crippen LogP contribution in [0.4, 0.5) is 5.69 Å². The summed E-state index contributed by atoms with van der Waals surface area (Å²) >= 11 is 0. The molecule has 160 valence electrons. The van der Waals surface area contributed by atoms with Gasteiger partial charge >= 0.3 is 0 Å². The molecule has 3 aromatic carbocycles. The molecular weight excluding hydrogens is 392 g/mol. The molecule has 3 aromatic rings. The first-order valence-electron chi connectivity index (χ1n) is 10.2. The average molecular weight is 418 g/mol. The minimum Gasteiger partial charge on any atom is -0.489 e. The van der Waals surface area contributed by atoms with Gasteiger partial charge < -0.3 is 19.5 Å². The summed E-state index contributed by atoms with van der Waals surface area (Å²) < 4.78 is 16.6. The number of carbonyl (C=O) groups excluding carboxylic acids is 1. The maximum Gasteiger partial charge on any atom is 0.241 e. The smallest absolute Gasteiger partial charge is 0.241 e. The zero-order valence-electron chi connectivity index (χ0n) is 17.7. The van der Waals surface area contributed by atoms with Gasteiger partial charge in [0.25, 0.3) is 0 Å². The summed E-state index contributed by atoms with van der Waals surface area (Å²) in [4.78, 5) is 14.7. The van der Waals surface area contributed by atoms with E-state index in [1.165, 1.54) is 0 Å². The summed E-state index contributed by atoms with van der Waals surface area (Å²) in [6, 6.07) is 23.0. The van der Waals surface area contributed by atoms with E-state index in [4.69, 9.17) is 14.2 Å². The van der Waals surface area contributed by atoms with Gasteiger partial charge in [-0.05, 0) is 61.5 Å². The molecule has 1 amide bonds. The van der Waals surface area contributed by atoms with Gasteiger partial charge in [0.1, 0.15) is 12.4 Å². The van der Waals surface area contributed by atoms with Crippen LogP contribution in [-0.4, -0.2) is 30.7 Å². The van der Waals surface area contributed by atoms with Crippen molar-refractivity contribution >= 4 is 11.6 Å². The van der Waals surface area contributed by atoms with E-state index >= 15 is 0 Å².